The Kier molecular flexibility index (Phi) is 5.01. The zero-order valence-corrected chi connectivity index (χ0v) is 14.1. The first-order chi connectivity index (χ1) is 11.2. The van der Waals surface area contributed by atoms with Gasteiger partial charge in [0, 0.05) is 27.4 Å². The number of ether oxygens (including phenoxy) is 1. The van der Waals surface area contributed by atoms with Crippen molar-refractivity contribution >= 4 is 22.9 Å². The van der Waals surface area contributed by atoms with Gasteiger partial charge in [-0.3, -0.25) is 18.7 Å². The van der Waals surface area contributed by atoms with Gasteiger partial charge < -0.3 is 14.1 Å². The minimum atomic E-state index is -0.564. The van der Waals surface area contributed by atoms with Crippen LogP contribution in [0.4, 0.5) is 0 Å². The number of carbonyl (C=O) groups excluding carboxylic acids is 2. The molecule has 0 saturated carbocycles. The van der Waals surface area contributed by atoms with Crippen LogP contribution in [0.15, 0.2) is 15.9 Å². The lowest BCUT2D eigenvalue weighted by atomic mass is 10.1. The average Bonchev–Trinajstić information content (AvgIpc) is 2.91. The molecule has 0 spiro atoms. The Morgan fingerprint density at radius 2 is 1.88 bits per heavy atom. The van der Waals surface area contributed by atoms with Crippen molar-refractivity contribution in [3.8, 4) is 0 Å². The lowest BCUT2D eigenvalue weighted by molar-refractivity contribution is -0.147. The number of fused-ring (bicyclic) bond motifs is 1. The molecule has 9 heteroatoms. The van der Waals surface area contributed by atoms with E-state index >= 15 is 0 Å². The first-order valence-corrected chi connectivity index (χ1v) is 7.50. The smallest absolute Gasteiger partial charge is 0.332 e. The summed E-state index contributed by atoms with van der Waals surface area (Å²) in [6.45, 7) is 2.93. The molecule has 9 nitrogen and oxygen atoms in total. The molecule has 0 bridgehead atoms. The van der Waals surface area contributed by atoms with Crippen LogP contribution < -0.4 is 11.2 Å². The number of nitrogens with zero attached hydrogens (tertiary/aromatic N) is 4. The first kappa shape index (κ1) is 17.6. The highest BCUT2D eigenvalue weighted by Crippen LogP contribution is 2.11. The van der Waals surface area contributed by atoms with Gasteiger partial charge in [0.2, 0.25) is 0 Å². The minimum absolute atomic E-state index is 0.0130. The molecular formula is C15H20N4O5. The fourth-order valence-corrected chi connectivity index (χ4v) is 2.54. The summed E-state index contributed by atoms with van der Waals surface area (Å²) in [5.74, 6) is -0.478. The Labute approximate surface area is 137 Å². The predicted molar refractivity (Wildman–Crippen MR) is 85.7 cm³/mol. The third-order valence-electron chi connectivity index (χ3n) is 3.77. The van der Waals surface area contributed by atoms with E-state index in [1.807, 2.05) is 0 Å². The quantitative estimate of drug-likeness (QED) is 0.673. The fourth-order valence-electron chi connectivity index (χ4n) is 2.54. The second-order valence-corrected chi connectivity index (χ2v) is 5.75. The van der Waals surface area contributed by atoms with Crippen LogP contribution in [-0.2, 0) is 35.0 Å². The Hall–Kier alpha value is -2.71. The lowest BCUT2D eigenvalue weighted by Crippen LogP contribution is -2.38. The first-order valence-electron chi connectivity index (χ1n) is 7.50. The van der Waals surface area contributed by atoms with Gasteiger partial charge in [0.1, 0.15) is 11.9 Å². The molecule has 1 unspecified atom stereocenters. The average molecular weight is 336 g/mol. The van der Waals surface area contributed by atoms with Crippen molar-refractivity contribution in [1.82, 2.24) is 18.7 Å². The normalized spacial score (nSPS) is 12.3. The monoisotopic (exact) mass is 336 g/mol. The summed E-state index contributed by atoms with van der Waals surface area (Å²) in [7, 11) is 2.92. The molecule has 0 fully saturated rings. The van der Waals surface area contributed by atoms with Crippen molar-refractivity contribution in [1.29, 1.82) is 0 Å². The van der Waals surface area contributed by atoms with Gasteiger partial charge in [0.05, 0.1) is 12.9 Å². The third kappa shape index (κ3) is 3.44. The van der Waals surface area contributed by atoms with E-state index < -0.39 is 23.3 Å². The summed E-state index contributed by atoms with van der Waals surface area (Å²) in [6, 6.07) is 0. The van der Waals surface area contributed by atoms with Crippen LogP contribution >= 0.6 is 0 Å². The molecule has 0 N–H and O–H groups in total. The topological polar surface area (TPSA) is 105 Å². The van der Waals surface area contributed by atoms with Crippen LogP contribution in [0.1, 0.15) is 26.7 Å². The second-order valence-electron chi connectivity index (χ2n) is 5.75. The van der Waals surface area contributed by atoms with Crippen molar-refractivity contribution in [2.45, 2.75) is 39.3 Å². The number of rotatable bonds is 6. The molecule has 1 atom stereocenters. The SMILES string of the molecule is CC(=O)CCC(Cn1cnc2c1c(=O)n(C)c(=O)n2C)OC(C)=O. The van der Waals surface area contributed by atoms with Crippen LogP contribution in [0.5, 0.6) is 0 Å². The Bertz CT molecular complexity index is 905. The van der Waals surface area contributed by atoms with Gasteiger partial charge in [-0.05, 0) is 13.3 Å². The van der Waals surface area contributed by atoms with Crippen molar-refractivity contribution in [2.24, 2.45) is 14.1 Å². The largest absolute Gasteiger partial charge is 0.461 e. The van der Waals surface area contributed by atoms with E-state index in [1.54, 1.807) is 4.57 Å². The maximum absolute atomic E-state index is 12.4. The number of aromatic nitrogens is 4. The third-order valence-corrected chi connectivity index (χ3v) is 3.77. The van der Waals surface area contributed by atoms with Gasteiger partial charge in [-0.15, -0.1) is 0 Å². The molecule has 130 valence electrons. The van der Waals surface area contributed by atoms with Gasteiger partial charge in [0.15, 0.2) is 11.2 Å². The molecule has 0 aliphatic carbocycles. The van der Waals surface area contributed by atoms with E-state index in [-0.39, 0.29) is 29.9 Å². The number of aryl methyl sites for hydroxylation is 1. The van der Waals surface area contributed by atoms with Crippen LogP contribution in [-0.4, -0.2) is 36.5 Å². The van der Waals surface area contributed by atoms with E-state index in [4.69, 9.17) is 4.74 Å². The molecule has 2 aromatic rings. The summed E-state index contributed by atoms with van der Waals surface area (Å²) in [6.07, 6.45) is 1.48. The van der Waals surface area contributed by atoms with Crippen molar-refractivity contribution in [2.75, 3.05) is 0 Å². The Morgan fingerprint density at radius 3 is 2.46 bits per heavy atom. The molecule has 0 aliphatic heterocycles. The molecular weight excluding hydrogens is 316 g/mol. The van der Waals surface area contributed by atoms with Crippen LogP contribution in [0, 0.1) is 0 Å². The standard InChI is InChI=1S/C15H20N4O5/c1-9(20)5-6-11(24-10(2)21)7-19-8-16-13-12(19)14(22)18(4)15(23)17(13)3/h8,11H,5-7H2,1-4H3. The minimum Gasteiger partial charge on any atom is -0.461 e. The van der Waals surface area contributed by atoms with Crippen molar-refractivity contribution in [3.05, 3.63) is 27.2 Å². The lowest BCUT2D eigenvalue weighted by Gasteiger charge is -2.17. The number of carbonyl (C=O) groups is 2. The van der Waals surface area contributed by atoms with Crippen LogP contribution in [0.2, 0.25) is 0 Å². The second kappa shape index (κ2) is 6.81. The van der Waals surface area contributed by atoms with Crippen molar-refractivity contribution in [3.63, 3.8) is 0 Å². The molecule has 2 aromatic heterocycles. The zero-order chi connectivity index (χ0) is 18.0. The summed E-state index contributed by atoms with van der Waals surface area (Å²) < 4.78 is 9.05. The van der Waals surface area contributed by atoms with Crippen LogP contribution in [0.25, 0.3) is 11.2 Å². The highest BCUT2D eigenvalue weighted by molar-refractivity contribution is 5.75. The number of ketones is 1. The van der Waals surface area contributed by atoms with Gasteiger partial charge >= 0.3 is 11.7 Å². The van der Waals surface area contributed by atoms with Gasteiger partial charge in [-0.1, -0.05) is 0 Å². The number of imidazole rings is 1. The maximum Gasteiger partial charge on any atom is 0.332 e. The molecule has 0 radical (unpaired) electrons. The predicted octanol–water partition coefficient (Wildman–Crippen LogP) is -0.265. The number of hydrogen-bond acceptors (Lipinski definition) is 6. The number of esters is 1. The summed E-state index contributed by atoms with van der Waals surface area (Å²) in [5, 5.41) is 0. The molecule has 2 heterocycles. The zero-order valence-electron chi connectivity index (χ0n) is 14.1. The summed E-state index contributed by atoms with van der Waals surface area (Å²) in [4.78, 5) is 50.9. The molecule has 0 saturated heterocycles. The molecule has 0 aliphatic rings. The number of hydrogen-bond donors (Lipinski definition) is 0. The van der Waals surface area contributed by atoms with Crippen LogP contribution in [0.3, 0.4) is 0 Å². The summed E-state index contributed by atoms with van der Waals surface area (Å²) >= 11 is 0. The molecule has 0 amide bonds. The Balaban J connectivity index is 2.44. The maximum atomic E-state index is 12.4. The van der Waals surface area contributed by atoms with Gasteiger partial charge in [-0.25, -0.2) is 9.78 Å². The highest BCUT2D eigenvalue weighted by Gasteiger charge is 2.19. The number of Topliss-reactive ketones (excluding diaryl/α,β-unsaturated/α-hetero) is 1. The van der Waals surface area contributed by atoms with Gasteiger partial charge in [-0.2, -0.15) is 0 Å². The van der Waals surface area contributed by atoms with E-state index in [0.29, 0.717) is 6.42 Å². The van der Waals surface area contributed by atoms with E-state index in [9.17, 15) is 19.2 Å². The Morgan fingerprint density at radius 1 is 1.21 bits per heavy atom. The van der Waals surface area contributed by atoms with Gasteiger partial charge in [0.25, 0.3) is 5.56 Å². The molecule has 0 aromatic carbocycles. The highest BCUT2D eigenvalue weighted by atomic mass is 16.5. The van der Waals surface area contributed by atoms with E-state index in [1.165, 1.54) is 38.8 Å². The molecule has 2 rings (SSSR count). The molecule has 24 heavy (non-hydrogen) atoms. The van der Waals surface area contributed by atoms with Crippen molar-refractivity contribution < 1.29 is 14.3 Å². The van der Waals surface area contributed by atoms with E-state index in [0.717, 1.165) is 4.57 Å². The fraction of sp³-hybridized carbons (Fsp3) is 0.533. The van der Waals surface area contributed by atoms with E-state index in [2.05, 4.69) is 4.98 Å². The summed E-state index contributed by atoms with van der Waals surface area (Å²) in [5.41, 5.74) is -0.430.